The molecule has 0 saturated carbocycles. The zero-order valence-electron chi connectivity index (χ0n) is 27.2. The van der Waals surface area contributed by atoms with E-state index in [1.807, 2.05) is 66.3 Å². The highest BCUT2D eigenvalue weighted by atomic mass is 32.3. The molecule has 0 aliphatic carbocycles. The summed E-state index contributed by atoms with van der Waals surface area (Å²) in [5, 5.41) is 8.62. The summed E-state index contributed by atoms with van der Waals surface area (Å²) < 4.78 is 32.4. The quantitative estimate of drug-likeness (QED) is 0.152. The number of nitrogens with zero attached hydrogens (tertiary/aromatic N) is 6. The highest BCUT2D eigenvalue weighted by molar-refractivity contribution is 8.22. The fraction of sp³-hybridized carbons (Fsp3) is 0.441. The molecule has 1 aromatic heterocycles. The van der Waals surface area contributed by atoms with Crippen molar-refractivity contribution in [2.24, 2.45) is 7.05 Å². The second kappa shape index (κ2) is 13.9. The van der Waals surface area contributed by atoms with Crippen molar-refractivity contribution < 1.29 is 18.6 Å². The summed E-state index contributed by atoms with van der Waals surface area (Å²) >= 11 is 0. The number of benzene rings is 3. The van der Waals surface area contributed by atoms with E-state index in [1.54, 1.807) is 15.1 Å². The van der Waals surface area contributed by atoms with E-state index >= 15 is 0 Å². The summed E-state index contributed by atoms with van der Waals surface area (Å²) in [6.07, 6.45) is 1.96. The number of carbonyl (C=O) groups is 1. The Labute approximate surface area is 268 Å². The van der Waals surface area contributed by atoms with Crippen LogP contribution in [0.25, 0.3) is 11.0 Å². The van der Waals surface area contributed by atoms with Crippen molar-refractivity contribution >= 4 is 33.5 Å². The van der Waals surface area contributed by atoms with Gasteiger partial charge in [-0.3, -0.25) is 13.9 Å². The lowest BCUT2D eigenvalue weighted by Crippen LogP contribution is -2.31. The SMILES string of the molecule is Cc1ccc(C(CC(=O)OCCCCN(C)C)c2ccc3c(nnn3C)c2C)cc1CN1CCN(C)c2ccccc2S1(O)O. The molecule has 10 nitrogen and oxygen atoms in total. The molecule has 4 aromatic rings. The van der Waals surface area contributed by atoms with Crippen molar-refractivity contribution in [2.75, 3.05) is 52.3 Å². The lowest BCUT2D eigenvalue weighted by atomic mass is 9.84. The van der Waals surface area contributed by atoms with E-state index in [0.29, 0.717) is 31.1 Å². The minimum absolute atomic E-state index is 0.180. The Morgan fingerprint density at radius 2 is 1.82 bits per heavy atom. The van der Waals surface area contributed by atoms with Crippen LogP contribution < -0.4 is 4.90 Å². The Balaban J connectivity index is 1.46. The Morgan fingerprint density at radius 3 is 2.60 bits per heavy atom. The van der Waals surface area contributed by atoms with Gasteiger partial charge in [-0.05, 0) is 93.3 Å². The minimum Gasteiger partial charge on any atom is -0.466 e. The summed E-state index contributed by atoms with van der Waals surface area (Å²) in [7, 11) is 4.70. The molecule has 0 spiro atoms. The van der Waals surface area contributed by atoms with Crippen LogP contribution in [-0.4, -0.2) is 86.7 Å². The number of ether oxygens (including phenoxy) is 1. The zero-order valence-corrected chi connectivity index (χ0v) is 28.0. The number of anilines is 1. The number of aryl methyl sites for hydroxylation is 3. The predicted molar refractivity (Wildman–Crippen MR) is 181 cm³/mol. The van der Waals surface area contributed by atoms with Crippen molar-refractivity contribution in [1.29, 1.82) is 0 Å². The van der Waals surface area contributed by atoms with Gasteiger partial charge in [-0.25, -0.2) is 4.68 Å². The molecule has 1 atom stereocenters. The van der Waals surface area contributed by atoms with Gasteiger partial charge in [0.15, 0.2) is 0 Å². The van der Waals surface area contributed by atoms with Crippen molar-refractivity contribution in [3.8, 4) is 0 Å². The van der Waals surface area contributed by atoms with Crippen molar-refractivity contribution in [2.45, 2.75) is 50.5 Å². The van der Waals surface area contributed by atoms with Gasteiger partial charge in [-0.2, -0.15) is 4.31 Å². The molecular weight excluding hydrogens is 588 g/mol. The summed E-state index contributed by atoms with van der Waals surface area (Å²) in [6, 6.07) is 17.8. The van der Waals surface area contributed by atoms with Crippen LogP contribution in [0.15, 0.2) is 59.5 Å². The number of rotatable bonds is 11. The Bertz CT molecular complexity index is 1660. The van der Waals surface area contributed by atoms with E-state index in [-0.39, 0.29) is 18.3 Å². The average Bonchev–Trinajstić information content (AvgIpc) is 3.36. The number of unbranched alkanes of at least 4 members (excludes halogenated alkanes) is 1. The maximum atomic E-state index is 13.3. The van der Waals surface area contributed by atoms with Crippen LogP contribution in [0.4, 0.5) is 5.69 Å². The number of hydrogen-bond donors (Lipinski definition) is 2. The molecule has 2 N–H and O–H groups in total. The van der Waals surface area contributed by atoms with Crippen LogP contribution in [0.1, 0.15) is 53.0 Å². The molecule has 1 unspecified atom stereocenters. The van der Waals surface area contributed by atoms with E-state index in [9.17, 15) is 13.9 Å². The Morgan fingerprint density at radius 1 is 1.04 bits per heavy atom. The number of para-hydroxylation sites is 1. The molecule has 5 rings (SSSR count). The third-order valence-electron chi connectivity index (χ3n) is 8.83. The molecule has 242 valence electrons. The van der Waals surface area contributed by atoms with Crippen molar-refractivity contribution in [3.63, 3.8) is 0 Å². The van der Waals surface area contributed by atoms with E-state index < -0.39 is 10.8 Å². The fourth-order valence-electron chi connectivity index (χ4n) is 6.07. The lowest BCUT2D eigenvalue weighted by molar-refractivity contribution is -0.144. The summed E-state index contributed by atoms with van der Waals surface area (Å²) in [5.74, 6) is -0.520. The Kier molecular flexibility index (Phi) is 10.1. The van der Waals surface area contributed by atoms with Gasteiger partial charge in [0.05, 0.1) is 29.1 Å². The lowest BCUT2D eigenvalue weighted by Gasteiger charge is -2.42. The predicted octanol–water partition coefficient (Wildman–Crippen LogP) is 5.97. The van der Waals surface area contributed by atoms with Crippen molar-refractivity contribution in [3.05, 3.63) is 82.4 Å². The van der Waals surface area contributed by atoms with Crippen LogP contribution in [0.2, 0.25) is 0 Å². The summed E-state index contributed by atoms with van der Waals surface area (Å²) in [5.41, 5.74) is 7.55. The number of fused-ring (bicyclic) bond motifs is 2. The first-order valence-electron chi connectivity index (χ1n) is 15.5. The number of hydrogen-bond acceptors (Lipinski definition) is 9. The molecule has 1 aliphatic rings. The fourth-order valence-corrected chi connectivity index (χ4v) is 7.76. The van der Waals surface area contributed by atoms with Gasteiger partial charge in [0, 0.05) is 39.6 Å². The molecule has 0 fully saturated rings. The molecule has 0 saturated heterocycles. The molecule has 3 aromatic carbocycles. The van der Waals surface area contributed by atoms with Gasteiger partial charge in [0.2, 0.25) is 0 Å². The van der Waals surface area contributed by atoms with Crippen LogP contribution in [0, 0.1) is 13.8 Å². The van der Waals surface area contributed by atoms with Crippen molar-refractivity contribution in [1.82, 2.24) is 24.2 Å². The number of esters is 1. The monoisotopic (exact) mass is 634 g/mol. The number of likely N-dealkylation sites (N-methyl/N-ethyl adjacent to an activating group) is 1. The molecule has 1 aliphatic heterocycles. The average molecular weight is 635 g/mol. The third kappa shape index (κ3) is 7.18. The smallest absolute Gasteiger partial charge is 0.306 e. The van der Waals surface area contributed by atoms with E-state index in [0.717, 1.165) is 63.9 Å². The molecule has 11 heteroatoms. The first-order chi connectivity index (χ1) is 21.5. The number of aromatic nitrogens is 3. The normalized spacial score (nSPS) is 16.4. The summed E-state index contributed by atoms with van der Waals surface area (Å²) in [4.78, 5) is 18.0. The maximum absolute atomic E-state index is 13.3. The van der Waals surface area contributed by atoms with Crippen LogP contribution >= 0.6 is 10.8 Å². The third-order valence-corrected chi connectivity index (χ3v) is 10.8. The van der Waals surface area contributed by atoms with Gasteiger partial charge < -0.3 is 14.5 Å². The van der Waals surface area contributed by atoms with Gasteiger partial charge >= 0.3 is 5.97 Å². The maximum Gasteiger partial charge on any atom is 0.306 e. The van der Waals surface area contributed by atoms with Crippen LogP contribution in [0.3, 0.4) is 0 Å². The highest BCUT2D eigenvalue weighted by Gasteiger charge is 2.32. The highest BCUT2D eigenvalue weighted by Crippen LogP contribution is 2.56. The zero-order chi connectivity index (χ0) is 32.3. The molecule has 45 heavy (non-hydrogen) atoms. The molecule has 0 radical (unpaired) electrons. The molecule has 0 amide bonds. The minimum atomic E-state index is -3.22. The van der Waals surface area contributed by atoms with Gasteiger partial charge in [0.25, 0.3) is 0 Å². The first-order valence-corrected chi connectivity index (χ1v) is 17.0. The molecule has 0 bridgehead atoms. The van der Waals surface area contributed by atoms with Gasteiger partial charge in [-0.1, -0.05) is 41.6 Å². The van der Waals surface area contributed by atoms with Gasteiger partial charge in [0.1, 0.15) is 5.52 Å². The standard InChI is InChI=1S/C34H46N6O4S/c1-24-13-14-26(21-27(24)23-40-19-18-38(5)30-11-7-8-12-32(30)45(40,42)43)29(22-33(41)44-20-10-9-17-37(3)4)28-15-16-31-34(25(28)2)35-36-39(31)6/h7-8,11-16,21,29,42-43H,9-10,17-20,22-23H2,1-6H3. The van der Waals surface area contributed by atoms with Crippen LogP contribution in [0.5, 0.6) is 0 Å². The Hall–Kier alpha value is -3.48. The van der Waals surface area contributed by atoms with Gasteiger partial charge in [-0.15, -0.1) is 15.9 Å². The van der Waals surface area contributed by atoms with E-state index in [2.05, 4.69) is 44.4 Å². The topological polar surface area (TPSA) is 107 Å². The molecule has 2 heterocycles. The van der Waals surface area contributed by atoms with E-state index in [4.69, 9.17) is 4.74 Å². The number of carbonyl (C=O) groups excluding carboxylic acids is 1. The largest absolute Gasteiger partial charge is 0.466 e. The van der Waals surface area contributed by atoms with E-state index in [1.165, 1.54) is 0 Å². The first kappa shape index (κ1) is 32.9. The molecular formula is C34H46N6O4S. The van der Waals surface area contributed by atoms with Crippen LogP contribution in [-0.2, 0) is 23.1 Å². The summed E-state index contributed by atoms with van der Waals surface area (Å²) in [6.45, 7) is 6.92. The second-order valence-corrected chi connectivity index (χ2v) is 14.3. The second-order valence-electron chi connectivity index (χ2n) is 12.3.